The van der Waals surface area contributed by atoms with Gasteiger partial charge in [-0.25, -0.2) is 0 Å². The quantitative estimate of drug-likeness (QED) is 0.723. The van der Waals surface area contributed by atoms with E-state index in [-0.39, 0.29) is 6.61 Å². The molecule has 5 heteroatoms. The summed E-state index contributed by atoms with van der Waals surface area (Å²) in [6.45, 7) is 0.0369. The maximum atomic E-state index is 10.8. The average Bonchev–Trinajstić information content (AvgIpc) is 2.17. The summed E-state index contributed by atoms with van der Waals surface area (Å²) >= 11 is 0. The van der Waals surface area contributed by atoms with Crippen molar-refractivity contribution >= 4 is 7.60 Å². The molecule has 1 rings (SSSR count). The van der Waals surface area contributed by atoms with Gasteiger partial charge in [-0.3, -0.25) is 4.57 Å². The predicted molar refractivity (Wildman–Crippen MR) is 48.1 cm³/mol. The van der Waals surface area contributed by atoms with Crippen molar-refractivity contribution in [3.63, 3.8) is 0 Å². The molecule has 0 saturated carbocycles. The van der Waals surface area contributed by atoms with Gasteiger partial charge in [-0.1, -0.05) is 30.3 Å². The molecule has 0 aliphatic heterocycles. The smallest absolute Gasteiger partial charge is 0.353 e. The fraction of sp³-hybridized carbons (Fsp3) is 0.250. The molecule has 1 aromatic carbocycles. The summed E-state index contributed by atoms with van der Waals surface area (Å²) in [6, 6.07) is 9.00. The summed E-state index contributed by atoms with van der Waals surface area (Å²) in [5.41, 5.74) is 0.797. The second-order valence-corrected chi connectivity index (χ2v) is 4.35. The van der Waals surface area contributed by atoms with E-state index in [1.807, 2.05) is 6.07 Å². The Hall–Kier alpha value is -0.670. The number of hydrogen-bond donors (Lipinski definition) is 2. The summed E-state index contributed by atoms with van der Waals surface area (Å²) in [7, 11) is -3.78. The number of aliphatic hydroxyl groups excluding tert-OH is 1. The van der Waals surface area contributed by atoms with Gasteiger partial charge in [-0.05, 0) is 5.56 Å². The molecule has 0 saturated heterocycles. The molecule has 0 aliphatic carbocycles. The van der Waals surface area contributed by atoms with Gasteiger partial charge in [0.15, 0.2) is 0 Å². The Balaban J connectivity index is 2.49. The van der Waals surface area contributed by atoms with Gasteiger partial charge < -0.3 is 14.5 Å². The van der Waals surface area contributed by atoms with E-state index >= 15 is 0 Å². The molecule has 0 aromatic heterocycles. The standard InChI is InChI=1S/C8H11O4P/c9-7-13(10,11)12-6-8-4-2-1-3-5-8/h1-5,9H,6-7H2,(H,10,11). The van der Waals surface area contributed by atoms with Crippen LogP contribution in [0, 0.1) is 0 Å². The van der Waals surface area contributed by atoms with Gasteiger partial charge in [0.2, 0.25) is 0 Å². The first-order chi connectivity index (χ1) is 6.14. The van der Waals surface area contributed by atoms with E-state index in [0.717, 1.165) is 5.56 Å². The van der Waals surface area contributed by atoms with Gasteiger partial charge >= 0.3 is 7.60 Å². The highest BCUT2D eigenvalue weighted by Crippen LogP contribution is 2.40. The predicted octanol–water partition coefficient (Wildman–Crippen LogP) is 1.34. The minimum Gasteiger partial charge on any atom is -0.384 e. The van der Waals surface area contributed by atoms with Gasteiger partial charge in [-0.15, -0.1) is 0 Å². The van der Waals surface area contributed by atoms with Crippen LogP contribution in [0.15, 0.2) is 30.3 Å². The first-order valence-corrected chi connectivity index (χ1v) is 5.51. The van der Waals surface area contributed by atoms with Crippen LogP contribution in [-0.4, -0.2) is 16.3 Å². The van der Waals surface area contributed by atoms with E-state index < -0.39 is 13.9 Å². The van der Waals surface area contributed by atoms with Crippen LogP contribution in [0.1, 0.15) is 5.56 Å². The molecule has 0 heterocycles. The number of hydrogen-bond acceptors (Lipinski definition) is 3. The van der Waals surface area contributed by atoms with Gasteiger partial charge in [-0.2, -0.15) is 0 Å². The second-order valence-electron chi connectivity index (χ2n) is 2.54. The third-order valence-corrected chi connectivity index (χ3v) is 2.34. The lowest BCUT2D eigenvalue weighted by Crippen LogP contribution is -1.94. The highest BCUT2D eigenvalue weighted by Gasteiger charge is 2.16. The molecule has 1 unspecified atom stereocenters. The molecule has 1 atom stereocenters. The molecule has 0 bridgehead atoms. The van der Waals surface area contributed by atoms with Crippen LogP contribution in [0.4, 0.5) is 0 Å². The lowest BCUT2D eigenvalue weighted by Gasteiger charge is -2.08. The molecule has 13 heavy (non-hydrogen) atoms. The van der Waals surface area contributed by atoms with Crippen LogP contribution in [0.3, 0.4) is 0 Å². The highest BCUT2D eigenvalue weighted by molar-refractivity contribution is 7.52. The van der Waals surface area contributed by atoms with Crippen LogP contribution < -0.4 is 0 Å². The number of aliphatic hydroxyl groups is 1. The molecule has 0 fully saturated rings. The molecular weight excluding hydrogens is 191 g/mol. The summed E-state index contributed by atoms with van der Waals surface area (Å²) < 4.78 is 15.5. The van der Waals surface area contributed by atoms with Crippen molar-refractivity contribution in [2.45, 2.75) is 6.61 Å². The van der Waals surface area contributed by atoms with Gasteiger partial charge in [0.1, 0.15) is 6.35 Å². The van der Waals surface area contributed by atoms with Gasteiger partial charge in [0.05, 0.1) is 6.61 Å². The SMILES string of the molecule is O=P(O)(CO)OCc1ccccc1. The Labute approximate surface area is 76.3 Å². The van der Waals surface area contributed by atoms with Crippen LogP contribution >= 0.6 is 7.60 Å². The van der Waals surface area contributed by atoms with Crippen molar-refractivity contribution in [3.8, 4) is 0 Å². The molecule has 2 N–H and O–H groups in total. The molecule has 0 amide bonds. The van der Waals surface area contributed by atoms with Crippen molar-refractivity contribution < 1.29 is 19.1 Å². The first-order valence-electron chi connectivity index (χ1n) is 3.75. The number of benzene rings is 1. The van der Waals surface area contributed by atoms with E-state index in [9.17, 15) is 4.57 Å². The van der Waals surface area contributed by atoms with Crippen molar-refractivity contribution in [2.75, 3.05) is 6.35 Å². The Morgan fingerprint density at radius 2 is 1.92 bits per heavy atom. The van der Waals surface area contributed by atoms with Crippen molar-refractivity contribution in [3.05, 3.63) is 35.9 Å². The molecule has 1 aromatic rings. The summed E-state index contributed by atoms with van der Waals surface area (Å²) in [5.74, 6) is 0. The Morgan fingerprint density at radius 3 is 2.46 bits per heavy atom. The maximum absolute atomic E-state index is 10.8. The normalized spacial score (nSPS) is 15.2. The molecule has 0 spiro atoms. The summed E-state index contributed by atoms with van der Waals surface area (Å²) in [4.78, 5) is 8.87. The molecule has 0 aliphatic rings. The minimum atomic E-state index is -3.78. The third-order valence-electron chi connectivity index (χ3n) is 1.45. The summed E-state index contributed by atoms with van der Waals surface area (Å²) in [6.07, 6.45) is -0.847. The fourth-order valence-corrected chi connectivity index (χ4v) is 1.22. The van der Waals surface area contributed by atoms with Crippen molar-refractivity contribution in [1.29, 1.82) is 0 Å². The van der Waals surface area contributed by atoms with E-state index in [0.29, 0.717) is 0 Å². The molecule has 4 nitrogen and oxygen atoms in total. The van der Waals surface area contributed by atoms with E-state index in [4.69, 9.17) is 10.00 Å². The lowest BCUT2D eigenvalue weighted by molar-refractivity contribution is 0.217. The fourth-order valence-electron chi connectivity index (χ4n) is 0.790. The third kappa shape index (κ3) is 3.70. The van der Waals surface area contributed by atoms with Gasteiger partial charge in [0.25, 0.3) is 0 Å². The van der Waals surface area contributed by atoms with E-state index in [1.165, 1.54) is 0 Å². The second kappa shape index (κ2) is 4.53. The largest absolute Gasteiger partial charge is 0.384 e. The molecular formula is C8H11O4P. The van der Waals surface area contributed by atoms with Crippen LogP contribution in [-0.2, 0) is 15.7 Å². The molecule has 0 radical (unpaired) electrons. The monoisotopic (exact) mass is 202 g/mol. The Bertz CT molecular complexity index is 298. The van der Waals surface area contributed by atoms with Crippen LogP contribution in [0.2, 0.25) is 0 Å². The van der Waals surface area contributed by atoms with Crippen LogP contribution in [0.5, 0.6) is 0 Å². The minimum absolute atomic E-state index is 0.0369. The zero-order valence-corrected chi connectivity index (χ0v) is 7.85. The average molecular weight is 202 g/mol. The maximum Gasteiger partial charge on any atom is 0.353 e. The lowest BCUT2D eigenvalue weighted by atomic mass is 10.2. The number of rotatable bonds is 4. The molecule has 72 valence electrons. The Morgan fingerprint density at radius 1 is 1.31 bits per heavy atom. The highest BCUT2D eigenvalue weighted by atomic mass is 31.2. The zero-order chi connectivity index (χ0) is 9.73. The Kier molecular flexibility index (Phi) is 3.63. The van der Waals surface area contributed by atoms with Crippen LogP contribution in [0.25, 0.3) is 0 Å². The van der Waals surface area contributed by atoms with E-state index in [2.05, 4.69) is 4.52 Å². The van der Waals surface area contributed by atoms with Crippen molar-refractivity contribution in [2.24, 2.45) is 0 Å². The summed E-state index contributed by atoms with van der Waals surface area (Å²) in [5, 5.41) is 8.43. The van der Waals surface area contributed by atoms with E-state index in [1.54, 1.807) is 24.3 Å². The zero-order valence-electron chi connectivity index (χ0n) is 6.96. The first kappa shape index (κ1) is 10.4. The van der Waals surface area contributed by atoms with Crippen molar-refractivity contribution in [1.82, 2.24) is 0 Å². The topological polar surface area (TPSA) is 66.8 Å². The van der Waals surface area contributed by atoms with Gasteiger partial charge in [0, 0.05) is 0 Å².